The van der Waals surface area contributed by atoms with E-state index in [1.54, 1.807) is 17.6 Å². The van der Waals surface area contributed by atoms with Crippen LogP contribution in [0.2, 0.25) is 0 Å². The summed E-state index contributed by atoms with van der Waals surface area (Å²) in [4.78, 5) is 1.13. The molecule has 2 rings (SSSR count). The monoisotopic (exact) mass is 149 g/mol. The third kappa shape index (κ3) is 0.866. The van der Waals surface area contributed by atoms with Gasteiger partial charge < -0.3 is 4.42 Å². The van der Waals surface area contributed by atoms with Gasteiger partial charge in [0.15, 0.2) is 0 Å². The first-order valence-corrected chi connectivity index (χ1v) is 3.78. The highest BCUT2D eigenvalue weighted by molar-refractivity contribution is 7.13. The van der Waals surface area contributed by atoms with Crippen LogP contribution < -0.4 is 0 Å². The number of hydrogen-bond donors (Lipinski definition) is 0. The summed E-state index contributed by atoms with van der Waals surface area (Å²) in [6, 6.07) is 7.71. The lowest BCUT2D eigenvalue weighted by atomic mass is 10.4. The van der Waals surface area contributed by atoms with Gasteiger partial charge in [-0.1, -0.05) is 0 Å². The molecule has 0 amide bonds. The summed E-state index contributed by atoms with van der Waals surface area (Å²) in [6.45, 7) is 0. The van der Waals surface area contributed by atoms with Crippen molar-refractivity contribution < 1.29 is 4.42 Å². The summed E-state index contributed by atoms with van der Waals surface area (Å²) in [5.74, 6) is 0.922. The van der Waals surface area contributed by atoms with E-state index in [1.807, 2.05) is 24.3 Å². The third-order valence-corrected chi connectivity index (χ3v) is 2.05. The molecule has 2 aromatic heterocycles. The van der Waals surface area contributed by atoms with Gasteiger partial charge in [0.05, 0.1) is 11.1 Å². The molecular weight excluding hydrogens is 144 g/mol. The lowest BCUT2D eigenvalue weighted by Gasteiger charge is -1.84. The minimum atomic E-state index is 0.922. The first kappa shape index (κ1) is 5.74. The van der Waals surface area contributed by atoms with Crippen molar-refractivity contribution in [1.82, 2.24) is 0 Å². The summed E-state index contributed by atoms with van der Waals surface area (Å²) >= 11 is 1.56. The Morgan fingerprint density at radius 1 is 1.40 bits per heavy atom. The van der Waals surface area contributed by atoms with Gasteiger partial charge in [-0.05, 0) is 24.3 Å². The van der Waals surface area contributed by atoms with Crippen LogP contribution in [0.4, 0.5) is 0 Å². The Balaban J connectivity index is 2.48. The summed E-state index contributed by atoms with van der Waals surface area (Å²) in [7, 11) is 0. The normalized spacial score (nSPS) is 10.0. The molecule has 2 aromatic rings. The quantitative estimate of drug-likeness (QED) is 0.607. The Bertz CT molecular complexity index is 249. The molecule has 0 spiro atoms. The second-order valence-electron chi connectivity index (χ2n) is 1.89. The number of rotatable bonds is 1. The maximum atomic E-state index is 5.17. The average Bonchev–Trinajstić information content (AvgIpc) is 2.59. The number of thiophene rings is 1. The zero-order valence-corrected chi connectivity index (χ0v) is 6.02. The molecule has 0 N–H and O–H groups in total. The lowest BCUT2D eigenvalue weighted by Crippen LogP contribution is -1.58. The highest BCUT2D eigenvalue weighted by atomic mass is 32.1. The maximum absolute atomic E-state index is 5.17. The van der Waals surface area contributed by atoms with Crippen molar-refractivity contribution in [3.05, 3.63) is 35.9 Å². The van der Waals surface area contributed by atoms with Crippen molar-refractivity contribution >= 4 is 11.3 Å². The van der Waals surface area contributed by atoms with Gasteiger partial charge in [-0.2, -0.15) is 0 Å². The molecule has 0 fully saturated rings. The lowest BCUT2D eigenvalue weighted by molar-refractivity contribution is 0.584. The molecule has 0 bridgehead atoms. The van der Waals surface area contributed by atoms with Crippen LogP contribution >= 0.6 is 11.3 Å². The largest absolute Gasteiger partial charge is 0.464 e. The van der Waals surface area contributed by atoms with Crippen LogP contribution in [-0.2, 0) is 0 Å². The Morgan fingerprint density at radius 2 is 2.40 bits per heavy atom. The topological polar surface area (TPSA) is 13.1 Å². The second kappa shape index (κ2) is 2.31. The van der Waals surface area contributed by atoms with Crippen LogP contribution in [0.25, 0.3) is 10.6 Å². The Hall–Kier alpha value is -1.02. The van der Waals surface area contributed by atoms with Crippen LogP contribution in [0.15, 0.2) is 34.9 Å². The van der Waals surface area contributed by atoms with Gasteiger partial charge in [0.25, 0.3) is 0 Å². The molecule has 1 radical (unpaired) electrons. The van der Waals surface area contributed by atoms with Crippen molar-refractivity contribution in [2.24, 2.45) is 0 Å². The fourth-order valence-electron chi connectivity index (χ4n) is 0.792. The molecule has 1 nitrogen and oxygen atoms in total. The fourth-order valence-corrected chi connectivity index (χ4v) is 1.41. The van der Waals surface area contributed by atoms with Gasteiger partial charge in [0.1, 0.15) is 5.76 Å². The molecule has 0 aliphatic carbocycles. The van der Waals surface area contributed by atoms with E-state index < -0.39 is 0 Å². The molecule has 2 heteroatoms. The Labute approximate surface area is 62.9 Å². The van der Waals surface area contributed by atoms with Crippen molar-refractivity contribution in [3.8, 4) is 10.6 Å². The molecule has 0 aliphatic heterocycles. The highest BCUT2D eigenvalue weighted by Gasteiger charge is 1.98. The van der Waals surface area contributed by atoms with Gasteiger partial charge in [0.2, 0.25) is 0 Å². The predicted octanol–water partition coefficient (Wildman–Crippen LogP) is 2.81. The molecule has 0 saturated heterocycles. The molecule has 0 unspecified atom stereocenters. The molecule has 0 aromatic carbocycles. The van der Waals surface area contributed by atoms with Crippen LogP contribution in [0.1, 0.15) is 0 Å². The molecule has 0 aliphatic rings. The van der Waals surface area contributed by atoms with Crippen molar-refractivity contribution in [2.45, 2.75) is 0 Å². The van der Waals surface area contributed by atoms with Crippen molar-refractivity contribution in [3.63, 3.8) is 0 Å². The minimum absolute atomic E-state index is 0.922. The molecular formula is C8H5OS. The first-order chi connectivity index (χ1) is 4.97. The van der Waals surface area contributed by atoms with E-state index in [4.69, 9.17) is 4.42 Å². The summed E-state index contributed by atoms with van der Waals surface area (Å²) < 4.78 is 5.17. The van der Waals surface area contributed by atoms with Crippen molar-refractivity contribution in [1.29, 1.82) is 0 Å². The zero-order valence-electron chi connectivity index (χ0n) is 5.20. The van der Waals surface area contributed by atoms with Crippen LogP contribution in [-0.4, -0.2) is 0 Å². The maximum Gasteiger partial charge on any atom is 0.143 e. The van der Waals surface area contributed by atoms with Crippen LogP contribution in [0.5, 0.6) is 0 Å². The van der Waals surface area contributed by atoms with E-state index in [0.717, 1.165) is 10.6 Å². The van der Waals surface area contributed by atoms with Gasteiger partial charge in [-0.15, -0.1) is 11.3 Å². The predicted molar refractivity (Wildman–Crippen MR) is 40.9 cm³/mol. The molecule has 0 atom stereocenters. The van der Waals surface area contributed by atoms with Gasteiger partial charge in [-0.3, -0.25) is 0 Å². The number of furan rings is 1. The Morgan fingerprint density at radius 3 is 3.00 bits per heavy atom. The molecule has 10 heavy (non-hydrogen) atoms. The van der Waals surface area contributed by atoms with E-state index in [9.17, 15) is 0 Å². The number of hydrogen-bond acceptors (Lipinski definition) is 2. The van der Waals surface area contributed by atoms with E-state index in [1.165, 1.54) is 0 Å². The van der Waals surface area contributed by atoms with Crippen LogP contribution in [0, 0.1) is 5.38 Å². The average molecular weight is 149 g/mol. The zero-order chi connectivity index (χ0) is 6.81. The Kier molecular flexibility index (Phi) is 1.32. The third-order valence-electron chi connectivity index (χ3n) is 1.24. The van der Waals surface area contributed by atoms with E-state index in [2.05, 4.69) is 5.38 Å². The van der Waals surface area contributed by atoms with E-state index in [-0.39, 0.29) is 0 Å². The standard InChI is InChI=1S/C8H5OS/c1-3-7(9-5-1)8-4-2-6-10-8/h1-5H. The van der Waals surface area contributed by atoms with Gasteiger partial charge in [-0.25, -0.2) is 0 Å². The van der Waals surface area contributed by atoms with E-state index >= 15 is 0 Å². The molecule has 49 valence electrons. The summed E-state index contributed by atoms with van der Waals surface area (Å²) in [5, 5.41) is 3.00. The van der Waals surface area contributed by atoms with E-state index in [0.29, 0.717) is 0 Å². The fraction of sp³-hybridized carbons (Fsp3) is 0. The molecule has 0 saturated carbocycles. The van der Waals surface area contributed by atoms with Crippen LogP contribution in [0.3, 0.4) is 0 Å². The minimum Gasteiger partial charge on any atom is -0.464 e. The molecule has 2 heterocycles. The SMILES string of the molecule is [c]1ccc(-c2ccco2)s1. The van der Waals surface area contributed by atoms with Gasteiger partial charge in [0, 0.05) is 5.38 Å². The first-order valence-electron chi connectivity index (χ1n) is 2.96. The summed E-state index contributed by atoms with van der Waals surface area (Å²) in [5.41, 5.74) is 0. The second-order valence-corrected chi connectivity index (χ2v) is 2.77. The highest BCUT2D eigenvalue weighted by Crippen LogP contribution is 2.23. The smallest absolute Gasteiger partial charge is 0.143 e. The van der Waals surface area contributed by atoms with Gasteiger partial charge >= 0.3 is 0 Å². The van der Waals surface area contributed by atoms with Crippen molar-refractivity contribution in [2.75, 3.05) is 0 Å². The summed E-state index contributed by atoms with van der Waals surface area (Å²) in [6.07, 6.45) is 1.68.